The van der Waals surface area contributed by atoms with Gasteiger partial charge in [0.25, 0.3) is 6.71 Å². The Hall–Kier alpha value is -5.10. The van der Waals surface area contributed by atoms with Crippen LogP contribution in [0.5, 0.6) is 0 Å². The van der Waals surface area contributed by atoms with Crippen LogP contribution in [-0.4, -0.2) is 6.71 Å². The van der Waals surface area contributed by atoms with Crippen LogP contribution in [0.4, 0.5) is 34.1 Å². The number of hydrogen-bond acceptors (Lipinski definition) is 4. The highest BCUT2D eigenvalue weighted by molar-refractivity contribution is 7.33. The summed E-state index contributed by atoms with van der Waals surface area (Å²) >= 11 is 3.84. The van der Waals surface area contributed by atoms with Gasteiger partial charge in [0, 0.05) is 47.6 Å². The summed E-state index contributed by atoms with van der Waals surface area (Å²) in [6.07, 6.45) is 0. The van der Waals surface area contributed by atoms with Gasteiger partial charge in [-0.15, -0.1) is 22.7 Å². The average Bonchev–Trinajstić information content (AvgIpc) is 3.79. The van der Waals surface area contributed by atoms with E-state index >= 15 is 0 Å². The summed E-state index contributed by atoms with van der Waals surface area (Å²) in [5, 5.41) is 5.02. The highest BCUT2D eigenvalue weighted by Gasteiger charge is 2.46. The van der Waals surface area contributed by atoms with Gasteiger partial charge in [-0.3, -0.25) is 0 Å². The van der Waals surface area contributed by atoms with Gasteiger partial charge in [0.15, 0.2) is 0 Å². The summed E-state index contributed by atoms with van der Waals surface area (Å²) in [6, 6.07) is 38.3. The van der Waals surface area contributed by atoms with E-state index in [1.165, 1.54) is 126 Å². The molecule has 0 fully saturated rings. The molecule has 0 unspecified atom stereocenters. The number of anilines is 6. The molecule has 2 aromatic heterocycles. The zero-order valence-electron chi connectivity index (χ0n) is 39.1. The van der Waals surface area contributed by atoms with E-state index in [4.69, 9.17) is 0 Å². The third-order valence-electron chi connectivity index (χ3n) is 13.6. The van der Waals surface area contributed by atoms with Crippen molar-refractivity contribution in [2.75, 3.05) is 9.80 Å². The van der Waals surface area contributed by atoms with Crippen molar-refractivity contribution in [2.45, 2.75) is 113 Å². The van der Waals surface area contributed by atoms with E-state index in [9.17, 15) is 0 Å². The molecule has 0 aliphatic carbocycles. The standard InChI is InChI=1S/C57H59BN2S2/c1-32-23-46-50-47(24-32)60(52-35(4)27-40(28-36(52)5)57(12,13)14)53-42-30-38(55(6,7)8)20-22-49(42)62-54(53)58(50)44-21-19-37(43-31-61-48-18-16-15-17-41(43)48)29-45(44)59(46)51-33(2)25-39(26-34(51)3)56(9,10)11/h15-31H,1-14H3. The van der Waals surface area contributed by atoms with Gasteiger partial charge in [-0.05, 0) is 154 Å². The van der Waals surface area contributed by atoms with E-state index in [2.05, 4.69) is 209 Å². The monoisotopic (exact) mass is 846 g/mol. The molecule has 2 nitrogen and oxygen atoms in total. The molecule has 2 aliphatic rings. The highest BCUT2D eigenvalue weighted by atomic mass is 32.1. The molecular formula is C57H59BN2S2. The summed E-state index contributed by atoms with van der Waals surface area (Å²) in [4.78, 5) is 5.35. The van der Waals surface area contributed by atoms with Crippen LogP contribution in [0.3, 0.4) is 0 Å². The molecule has 0 amide bonds. The molecule has 0 N–H and O–H groups in total. The summed E-state index contributed by atoms with van der Waals surface area (Å²) in [5.41, 5.74) is 23.8. The summed E-state index contributed by atoms with van der Waals surface area (Å²) in [6.45, 7) is 32.7. The Morgan fingerprint density at radius 3 is 1.65 bits per heavy atom. The molecule has 10 rings (SSSR count). The lowest BCUT2D eigenvalue weighted by atomic mass is 9.36. The fraction of sp³-hybridized carbons (Fsp3) is 0.298. The molecule has 0 spiro atoms. The molecule has 312 valence electrons. The molecule has 0 saturated heterocycles. The van der Waals surface area contributed by atoms with Gasteiger partial charge in [0.1, 0.15) is 0 Å². The van der Waals surface area contributed by atoms with Crippen molar-refractivity contribution in [1.29, 1.82) is 0 Å². The average molecular weight is 847 g/mol. The zero-order valence-corrected chi connectivity index (χ0v) is 40.7. The summed E-state index contributed by atoms with van der Waals surface area (Å²) < 4.78 is 4.09. The first-order chi connectivity index (χ1) is 29.2. The van der Waals surface area contributed by atoms with Crippen LogP contribution in [0.25, 0.3) is 31.3 Å². The molecule has 4 heterocycles. The number of hydrogen-bond donors (Lipinski definition) is 0. The highest BCUT2D eigenvalue weighted by Crippen LogP contribution is 2.52. The Morgan fingerprint density at radius 1 is 0.484 bits per heavy atom. The third-order valence-corrected chi connectivity index (χ3v) is 15.8. The van der Waals surface area contributed by atoms with Gasteiger partial charge >= 0.3 is 0 Å². The SMILES string of the molecule is Cc1cc2c3c(c1)N(c1c(C)cc(C(C)(C)C)cc1C)c1c(sc4ccc(C(C)(C)C)cc14)B3c1ccc(-c3csc4ccccc34)cc1N2c1c(C)cc(C(C)(C)C)cc1C. The lowest BCUT2D eigenvalue weighted by Gasteiger charge is -2.45. The Labute approximate surface area is 378 Å². The lowest BCUT2D eigenvalue weighted by molar-refractivity contribution is 0.589. The molecule has 62 heavy (non-hydrogen) atoms. The predicted molar refractivity (Wildman–Crippen MR) is 276 cm³/mol. The first kappa shape index (κ1) is 40.9. The van der Waals surface area contributed by atoms with Crippen molar-refractivity contribution in [3.8, 4) is 11.1 Å². The molecule has 2 aliphatic heterocycles. The second-order valence-corrected chi connectivity index (χ2v) is 23.4. The molecule has 0 bridgehead atoms. The minimum atomic E-state index is 0.0167. The maximum atomic E-state index is 2.69. The van der Waals surface area contributed by atoms with Gasteiger partial charge in [0.05, 0.1) is 17.1 Å². The largest absolute Gasteiger partial charge is 0.311 e. The number of benzene rings is 6. The normalized spacial score (nSPS) is 13.9. The number of fused-ring (bicyclic) bond motifs is 7. The molecular weight excluding hydrogens is 788 g/mol. The van der Waals surface area contributed by atoms with E-state index in [0.29, 0.717) is 0 Å². The maximum absolute atomic E-state index is 2.69. The smallest absolute Gasteiger partial charge is 0.264 e. The van der Waals surface area contributed by atoms with Crippen molar-refractivity contribution in [2.24, 2.45) is 0 Å². The van der Waals surface area contributed by atoms with Gasteiger partial charge in [-0.2, -0.15) is 0 Å². The van der Waals surface area contributed by atoms with Gasteiger partial charge in [-0.25, -0.2) is 0 Å². The number of aryl methyl sites for hydroxylation is 5. The fourth-order valence-corrected chi connectivity index (χ4v) is 12.7. The Kier molecular flexibility index (Phi) is 9.21. The minimum absolute atomic E-state index is 0.0167. The van der Waals surface area contributed by atoms with E-state index in [1.54, 1.807) is 0 Å². The molecule has 0 radical (unpaired) electrons. The van der Waals surface area contributed by atoms with Crippen LogP contribution >= 0.6 is 22.7 Å². The Bertz CT molecular complexity index is 3110. The summed E-state index contributed by atoms with van der Waals surface area (Å²) in [5.74, 6) is 0. The van der Waals surface area contributed by atoms with Crippen LogP contribution in [0.15, 0.2) is 102 Å². The first-order valence-corrected chi connectivity index (χ1v) is 24.1. The van der Waals surface area contributed by atoms with E-state index in [0.717, 1.165) is 0 Å². The number of rotatable bonds is 3. The summed E-state index contributed by atoms with van der Waals surface area (Å²) in [7, 11) is 0. The van der Waals surface area contributed by atoms with Crippen LogP contribution in [0, 0.1) is 34.6 Å². The van der Waals surface area contributed by atoms with Crippen molar-refractivity contribution in [3.05, 3.63) is 147 Å². The quantitative estimate of drug-likeness (QED) is 0.163. The van der Waals surface area contributed by atoms with E-state index in [-0.39, 0.29) is 23.0 Å². The van der Waals surface area contributed by atoms with E-state index < -0.39 is 0 Å². The maximum Gasteiger partial charge on any atom is 0.264 e. The molecule has 8 aromatic rings. The van der Waals surface area contributed by atoms with Crippen LogP contribution in [0.2, 0.25) is 0 Å². The second kappa shape index (κ2) is 14.0. The Morgan fingerprint density at radius 2 is 1.05 bits per heavy atom. The third kappa shape index (κ3) is 6.32. The van der Waals surface area contributed by atoms with Crippen molar-refractivity contribution >= 4 is 99.4 Å². The van der Waals surface area contributed by atoms with Crippen LogP contribution in [0.1, 0.15) is 107 Å². The van der Waals surface area contributed by atoms with Crippen molar-refractivity contribution < 1.29 is 0 Å². The van der Waals surface area contributed by atoms with Crippen LogP contribution < -0.4 is 25.5 Å². The molecule has 6 aromatic carbocycles. The van der Waals surface area contributed by atoms with Crippen molar-refractivity contribution in [1.82, 2.24) is 0 Å². The number of nitrogens with zero attached hydrogens (tertiary/aromatic N) is 2. The van der Waals surface area contributed by atoms with Crippen molar-refractivity contribution in [3.63, 3.8) is 0 Å². The minimum Gasteiger partial charge on any atom is -0.311 e. The predicted octanol–water partition coefficient (Wildman–Crippen LogP) is 15.3. The topological polar surface area (TPSA) is 6.48 Å². The van der Waals surface area contributed by atoms with E-state index in [1.807, 2.05) is 22.7 Å². The van der Waals surface area contributed by atoms with Gasteiger partial charge < -0.3 is 9.80 Å². The number of thiophene rings is 2. The molecule has 0 saturated carbocycles. The van der Waals surface area contributed by atoms with Gasteiger partial charge in [-0.1, -0.05) is 123 Å². The van der Waals surface area contributed by atoms with Gasteiger partial charge in [0.2, 0.25) is 0 Å². The first-order valence-electron chi connectivity index (χ1n) is 22.4. The fourth-order valence-electron chi connectivity index (χ4n) is 10.4. The second-order valence-electron chi connectivity index (χ2n) is 21.4. The molecule has 0 atom stereocenters. The lowest BCUT2D eigenvalue weighted by Crippen LogP contribution is -2.60. The zero-order chi connectivity index (χ0) is 43.9. The molecule has 5 heteroatoms. The Balaban J connectivity index is 1.33. The van der Waals surface area contributed by atoms with Crippen LogP contribution in [-0.2, 0) is 16.2 Å².